The van der Waals surface area contributed by atoms with Crippen molar-refractivity contribution in [3.63, 3.8) is 0 Å². The number of rotatable bonds is 5. The fourth-order valence-corrected chi connectivity index (χ4v) is 3.68. The zero-order valence-electron chi connectivity index (χ0n) is 13.5. The van der Waals surface area contributed by atoms with E-state index in [1.54, 1.807) is 30.3 Å². The summed E-state index contributed by atoms with van der Waals surface area (Å²) in [5.74, 6) is -4.30. The number of halogens is 2. The third kappa shape index (κ3) is 3.44. The summed E-state index contributed by atoms with van der Waals surface area (Å²) < 4.78 is 32.7. The Morgan fingerprint density at radius 1 is 1.33 bits per heavy atom. The number of esters is 1. The van der Waals surface area contributed by atoms with Crippen LogP contribution in [0.1, 0.15) is 31.2 Å². The molecule has 1 heterocycles. The van der Waals surface area contributed by atoms with Gasteiger partial charge in [-0.25, -0.2) is 13.6 Å². The highest BCUT2D eigenvalue weighted by Gasteiger charge is 2.54. The first-order valence-corrected chi connectivity index (χ1v) is 8.45. The predicted molar refractivity (Wildman–Crippen MR) is 84.6 cm³/mol. The van der Waals surface area contributed by atoms with Crippen LogP contribution in [0, 0.1) is 11.8 Å². The van der Waals surface area contributed by atoms with Crippen molar-refractivity contribution in [3.8, 4) is 0 Å². The highest BCUT2D eigenvalue weighted by molar-refractivity contribution is 5.81. The van der Waals surface area contributed by atoms with Crippen LogP contribution in [0.25, 0.3) is 0 Å². The average molecular weight is 339 g/mol. The predicted octanol–water partition coefficient (Wildman–Crippen LogP) is 2.46. The molecular formula is C18H23F2NO3. The molecule has 2 fully saturated rings. The highest BCUT2D eigenvalue weighted by Crippen LogP contribution is 2.47. The second-order valence-electron chi connectivity index (χ2n) is 6.89. The lowest BCUT2D eigenvalue weighted by Gasteiger charge is -2.32. The van der Waals surface area contributed by atoms with Gasteiger partial charge in [-0.2, -0.15) is 0 Å². The van der Waals surface area contributed by atoms with Gasteiger partial charge in [0.25, 0.3) is 0 Å². The van der Waals surface area contributed by atoms with Gasteiger partial charge in [0.2, 0.25) is 5.92 Å². The Morgan fingerprint density at radius 3 is 2.67 bits per heavy atom. The number of ether oxygens (including phenoxy) is 1. The maximum Gasteiger partial charge on any atom is 0.343 e. The normalized spacial score (nSPS) is 28.5. The van der Waals surface area contributed by atoms with E-state index in [0.29, 0.717) is 5.56 Å². The van der Waals surface area contributed by atoms with Crippen LogP contribution >= 0.6 is 0 Å². The number of nitrogens with one attached hydrogen (secondary N) is 1. The number of aliphatic hydroxyl groups is 1. The molecule has 4 nitrogen and oxygen atoms in total. The van der Waals surface area contributed by atoms with E-state index in [9.17, 15) is 18.7 Å². The maximum atomic E-state index is 13.7. The second-order valence-corrected chi connectivity index (χ2v) is 6.89. The second kappa shape index (κ2) is 6.76. The topological polar surface area (TPSA) is 58.6 Å². The van der Waals surface area contributed by atoms with Crippen LogP contribution in [0.15, 0.2) is 30.3 Å². The number of hydrogen-bond donors (Lipinski definition) is 2. The van der Waals surface area contributed by atoms with E-state index in [-0.39, 0.29) is 25.4 Å². The molecule has 0 radical (unpaired) electrons. The minimum Gasteiger partial charge on any atom is -0.463 e. The summed E-state index contributed by atoms with van der Waals surface area (Å²) in [6.07, 6.45) is 0.183. The lowest BCUT2D eigenvalue weighted by Crippen LogP contribution is -2.44. The Bertz CT molecular complexity index is 575. The van der Waals surface area contributed by atoms with Gasteiger partial charge in [0.15, 0.2) is 5.60 Å². The summed E-state index contributed by atoms with van der Waals surface area (Å²) in [6, 6.07) is 8.30. The largest absolute Gasteiger partial charge is 0.463 e. The van der Waals surface area contributed by atoms with E-state index in [4.69, 9.17) is 4.74 Å². The van der Waals surface area contributed by atoms with Crippen LogP contribution < -0.4 is 5.32 Å². The molecule has 2 aliphatic rings. The molecule has 1 aromatic carbocycles. The van der Waals surface area contributed by atoms with Crippen LogP contribution in [-0.2, 0) is 15.1 Å². The van der Waals surface area contributed by atoms with Gasteiger partial charge in [-0.3, -0.25) is 0 Å². The van der Waals surface area contributed by atoms with Crippen molar-refractivity contribution >= 4 is 5.97 Å². The zero-order valence-corrected chi connectivity index (χ0v) is 13.5. The van der Waals surface area contributed by atoms with Crippen molar-refractivity contribution in [2.75, 3.05) is 19.7 Å². The van der Waals surface area contributed by atoms with E-state index in [2.05, 4.69) is 5.32 Å². The lowest BCUT2D eigenvalue weighted by atomic mass is 9.80. The van der Waals surface area contributed by atoms with E-state index >= 15 is 0 Å². The summed E-state index contributed by atoms with van der Waals surface area (Å²) in [7, 11) is 0. The Hall–Kier alpha value is -1.53. The van der Waals surface area contributed by atoms with Crippen LogP contribution in [-0.4, -0.2) is 36.7 Å². The number of carbonyl (C=O) groups is 1. The molecule has 0 bridgehead atoms. The van der Waals surface area contributed by atoms with E-state index in [1.165, 1.54) is 0 Å². The third-order valence-corrected chi connectivity index (χ3v) is 5.13. The van der Waals surface area contributed by atoms with E-state index in [0.717, 1.165) is 19.5 Å². The van der Waals surface area contributed by atoms with Gasteiger partial charge < -0.3 is 15.2 Å². The fourth-order valence-electron chi connectivity index (χ4n) is 3.68. The molecule has 1 aromatic rings. The van der Waals surface area contributed by atoms with Crippen LogP contribution in [0.5, 0.6) is 0 Å². The van der Waals surface area contributed by atoms with Gasteiger partial charge in [0.1, 0.15) is 0 Å². The molecule has 1 aliphatic carbocycles. The summed E-state index contributed by atoms with van der Waals surface area (Å²) in [5, 5.41) is 14.3. The van der Waals surface area contributed by atoms with Crippen molar-refractivity contribution in [2.24, 2.45) is 11.8 Å². The van der Waals surface area contributed by atoms with Crippen LogP contribution in [0.4, 0.5) is 8.78 Å². The summed E-state index contributed by atoms with van der Waals surface area (Å²) in [5.41, 5.74) is -1.70. The minimum absolute atomic E-state index is 0.0957. The van der Waals surface area contributed by atoms with Crippen molar-refractivity contribution < 1.29 is 23.4 Å². The maximum absolute atomic E-state index is 13.7. The molecule has 132 valence electrons. The van der Waals surface area contributed by atoms with E-state index in [1.807, 2.05) is 0 Å². The van der Waals surface area contributed by atoms with Gasteiger partial charge in [-0.1, -0.05) is 30.3 Å². The lowest BCUT2D eigenvalue weighted by molar-refractivity contribution is -0.176. The van der Waals surface area contributed by atoms with Gasteiger partial charge in [0, 0.05) is 31.2 Å². The molecule has 6 heteroatoms. The van der Waals surface area contributed by atoms with Gasteiger partial charge in [0.05, 0.1) is 6.61 Å². The Kier molecular flexibility index (Phi) is 4.88. The first kappa shape index (κ1) is 17.3. The van der Waals surface area contributed by atoms with Gasteiger partial charge in [-0.05, 0) is 24.9 Å². The van der Waals surface area contributed by atoms with Gasteiger partial charge >= 0.3 is 5.97 Å². The standard InChI is InChI=1S/C18H23F2NO3/c19-17(20)8-6-15(10-17)18(23,14-4-2-1-3-5-14)16(22)24-12-13-7-9-21-11-13/h1-5,13,15,21,23H,6-12H2. The van der Waals surface area contributed by atoms with Gasteiger partial charge in [-0.15, -0.1) is 0 Å². The quantitative estimate of drug-likeness (QED) is 0.809. The number of benzene rings is 1. The molecular weight excluding hydrogens is 316 g/mol. The molecule has 3 unspecified atom stereocenters. The van der Waals surface area contributed by atoms with Crippen molar-refractivity contribution in [1.82, 2.24) is 5.32 Å². The number of carbonyl (C=O) groups excluding carboxylic acids is 1. The van der Waals surface area contributed by atoms with Crippen molar-refractivity contribution in [1.29, 1.82) is 0 Å². The Labute approximate surface area is 140 Å². The first-order valence-electron chi connectivity index (χ1n) is 8.45. The number of hydrogen-bond acceptors (Lipinski definition) is 4. The molecule has 1 saturated heterocycles. The smallest absolute Gasteiger partial charge is 0.343 e. The molecule has 2 N–H and O–H groups in total. The molecule has 0 aromatic heterocycles. The summed E-state index contributed by atoms with van der Waals surface area (Å²) in [4.78, 5) is 12.7. The third-order valence-electron chi connectivity index (χ3n) is 5.13. The molecule has 0 spiro atoms. The summed E-state index contributed by atoms with van der Waals surface area (Å²) in [6.45, 7) is 1.84. The molecule has 24 heavy (non-hydrogen) atoms. The fraction of sp³-hybridized carbons (Fsp3) is 0.611. The molecule has 0 amide bonds. The minimum atomic E-state index is -2.84. The Balaban J connectivity index is 1.80. The monoisotopic (exact) mass is 339 g/mol. The molecule has 1 aliphatic heterocycles. The van der Waals surface area contributed by atoms with Crippen molar-refractivity contribution in [3.05, 3.63) is 35.9 Å². The highest BCUT2D eigenvalue weighted by atomic mass is 19.3. The zero-order chi connectivity index (χ0) is 17.2. The molecule has 3 rings (SSSR count). The average Bonchev–Trinajstić information content (AvgIpc) is 3.22. The van der Waals surface area contributed by atoms with Crippen molar-refractivity contribution in [2.45, 2.75) is 37.2 Å². The number of alkyl halides is 2. The molecule has 3 atom stereocenters. The SMILES string of the molecule is O=C(OCC1CCNC1)C(O)(c1ccccc1)C1CCC(F)(F)C1. The summed E-state index contributed by atoms with van der Waals surface area (Å²) >= 11 is 0. The Morgan fingerprint density at radius 2 is 2.08 bits per heavy atom. The van der Waals surface area contributed by atoms with E-state index < -0.39 is 29.8 Å². The molecule has 1 saturated carbocycles. The van der Waals surface area contributed by atoms with Crippen LogP contribution in [0.2, 0.25) is 0 Å². The van der Waals surface area contributed by atoms with Crippen LogP contribution in [0.3, 0.4) is 0 Å². The first-order chi connectivity index (χ1) is 11.4.